The van der Waals surface area contributed by atoms with E-state index >= 15 is 0 Å². The van der Waals surface area contributed by atoms with Gasteiger partial charge in [-0.05, 0) is 66.7 Å². The van der Waals surface area contributed by atoms with Crippen LogP contribution in [0.15, 0.2) is 48.9 Å². The maximum atomic E-state index is 14.2. The summed E-state index contributed by atoms with van der Waals surface area (Å²) >= 11 is 0. The normalized spacial score (nSPS) is 27.4. The largest absolute Gasteiger partial charge is 0.496 e. The first kappa shape index (κ1) is 36.8. The molecule has 3 aromatic rings. The Kier molecular flexibility index (Phi) is 10.8. The van der Waals surface area contributed by atoms with Gasteiger partial charge in [0.05, 0.1) is 32.7 Å². The zero-order valence-corrected chi connectivity index (χ0v) is 30.8. The number of fused-ring (bicyclic) bond motifs is 2. The second-order valence-corrected chi connectivity index (χ2v) is 15.5. The Bertz CT molecular complexity index is 1690. The molecule has 5 N–H and O–H groups in total. The average Bonchev–Trinajstić information content (AvgIpc) is 3.76. The summed E-state index contributed by atoms with van der Waals surface area (Å²) < 4.78 is 6.04. The third-order valence-electron chi connectivity index (χ3n) is 11.9. The van der Waals surface area contributed by atoms with Gasteiger partial charge in [-0.1, -0.05) is 39.0 Å². The van der Waals surface area contributed by atoms with Gasteiger partial charge in [0.25, 0.3) is 5.91 Å². The summed E-state index contributed by atoms with van der Waals surface area (Å²) in [6.07, 6.45) is 4.47. The number of methoxy groups -OCH3 is 1. The Labute approximate surface area is 300 Å². The van der Waals surface area contributed by atoms with Gasteiger partial charge in [0.15, 0.2) is 0 Å². The lowest BCUT2D eigenvalue weighted by atomic mass is 9.45. The maximum absolute atomic E-state index is 14.2. The van der Waals surface area contributed by atoms with Crippen LogP contribution in [0.3, 0.4) is 0 Å². The van der Waals surface area contributed by atoms with Crippen LogP contribution in [0.1, 0.15) is 62.2 Å². The van der Waals surface area contributed by atoms with Crippen LogP contribution in [0.2, 0.25) is 0 Å². The van der Waals surface area contributed by atoms with Crippen LogP contribution in [0, 0.1) is 29.1 Å². The Morgan fingerprint density at radius 1 is 1.22 bits per heavy atom. The van der Waals surface area contributed by atoms with Crippen molar-refractivity contribution >= 4 is 17.5 Å². The zero-order valence-electron chi connectivity index (χ0n) is 30.8. The molecule has 2 heterocycles. The second-order valence-electron chi connectivity index (χ2n) is 15.5. The van der Waals surface area contributed by atoms with E-state index in [2.05, 4.69) is 41.4 Å². The molecule has 3 aliphatic carbocycles. The Balaban J connectivity index is 1.26. The molecule has 4 aliphatic rings. The molecule has 0 spiro atoms. The van der Waals surface area contributed by atoms with Crippen LogP contribution < -0.4 is 20.3 Å². The minimum atomic E-state index is -0.898. The summed E-state index contributed by atoms with van der Waals surface area (Å²) in [4.78, 5) is 42.9. The van der Waals surface area contributed by atoms with Gasteiger partial charge < -0.3 is 35.5 Å². The fourth-order valence-electron chi connectivity index (χ4n) is 8.82. The van der Waals surface area contributed by atoms with Crippen LogP contribution in [-0.4, -0.2) is 95.7 Å². The van der Waals surface area contributed by atoms with Gasteiger partial charge in [-0.2, -0.15) is 5.06 Å². The molecule has 8 atom stereocenters. The molecule has 0 radical (unpaired) electrons. The Morgan fingerprint density at radius 2 is 2.00 bits per heavy atom. The number of hydrogen-bond acceptors (Lipinski definition) is 9. The van der Waals surface area contributed by atoms with Gasteiger partial charge in [0.2, 0.25) is 5.91 Å². The topological polar surface area (TPSA) is 152 Å². The molecule has 4 fully saturated rings. The van der Waals surface area contributed by atoms with Crippen molar-refractivity contribution in [3.05, 3.63) is 65.7 Å². The number of nitrogens with one attached hydrogen (secondary N) is 3. The van der Waals surface area contributed by atoms with Gasteiger partial charge in [0, 0.05) is 73.3 Å². The van der Waals surface area contributed by atoms with E-state index in [4.69, 9.17) is 9.57 Å². The van der Waals surface area contributed by atoms with E-state index in [1.807, 2.05) is 55.4 Å². The molecule has 1 aliphatic heterocycles. The van der Waals surface area contributed by atoms with Crippen LogP contribution in [0.4, 0.5) is 5.69 Å². The van der Waals surface area contributed by atoms with Crippen molar-refractivity contribution < 1.29 is 29.4 Å². The molecule has 2 amide bonds. The van der Waals surface area contributed by atoms with Gasteiger partial charge >= 0.3 is 0 Å². The number of aliphatic hydroxyl groups is 2. The van der Waals surface area contributed by atoms with Crippen molar-refractivity contribution in [2.45, 2.75) is 77.8 Å². The number of H-pyrrole nitrogens is 1. The number of imidazole rings is 1. The van der Waals surface area contributed by atoms with Gasteiger partial charge in [-0.3, -0.25) is 14.4 Å². The molecular weight excluding hydrogens is 648 g/mol. The van der Waals surface area contributed by atoms with Crippen LogP contribution >= 0.6 is 0 Å². The molecule has 1 saturated heterocycles. The number of anilines is 1. The highest BCUT2D eigenvalue weighted by atomic mass is 16.7. The molecule has 12 heteroatoms. The van der Waals surface area contributed by atoms with Crippen molar-refractivity contribution in [1.29, 1.82) is 0 Å². The van der Waals surface area contributed by atoms with Crippen LogP contribution in [0.5, 0.6) is 5.75 Å². The number of aromatic amines is 1. The molecule has 276 valence electrons. The summed E-state index contributed by atoms with van der Waals surface area (Å²) in [6.45, 7) is 8.83. The first-order chi connectivity index (χ1) is 24.3. The smallest absolute Gasteiger partial charge is 0.251 e. The standard InChI is InChI=1S/C39H54N6O6/c1-22-31-16-27(39(31,3)4)17-32(22)43-38(49)35-34(23(2)47)33(20-46)51-45(35)19-24-9-8-10-30(36(24)50-7)25-13-26(15-29(14-25)44(5)6)37(48)41-12-11-28-18-40-21-42-28/h8-10,13-15,18,21-23,27,31-35,46-47H,11-12,16-17,19-20H2,1-7H3,(H,40,42)(H,41,48)(H,43,49)/t22-,23-,27-,31+,32-,33-,34+,35-/m0/s1. The predicted octanol–water partition coefficient (Wildman–Crippen LogP) is 3.78. The molecule has 2 aromatic carbocycles. The molecule has 3 saturated carbocycles. The number of amides is 2. The number of carbonyl (C=O) groups is 2. The van der Waals surface area contributed by atoms with E-state index in [1.165, 1.54) is 6.42 Å². The Hall–Kier alpha value is -3.97. The monoisotopic (exact) mass is 702 g/mol. The highest BCUT2D eigenvalue weighted by Gasteiger charge is 2.57. The molecular formula is C39H54N6O6. The minimum Gasteiger partial charge on any atom is -0.496 e. The first-order valence-corrected chi connectivity index (χ1v) is 18.1. The third-order valence-corrected chi connectivity index (χ3v) is 11.9. The number of para-hydroxylation sites is 1. The SMILES string of the molecule is COc1c(CN2O[C@@H](CO)[C@@H]([C@H](C)O)[C@H]2C(=O)N[C@H]2C[C@@H]3C[C@H]([C@@H]2C)C3(C)C)cccc1-c1cc(C(=O)NCCc2cnc[nH]2)cc(N(C)C)c1. The van der Waals surface area contributed by atoms with E-state index in [1.54, 1.807) is 31.6 Å². The summed E-state index contributed by atoms with van der Waals surface area (Å²) in [5, 5.41) is 29.2. The lowest BCUT2D eigenvalue weighted by molar-refractivity contribution is -0.183. The lowest BCUT2D eigenvalue weighted by Crippen LogP contribution is -2.62. The predicted molar refractivity (Wildman–Crippen MR) is 195 cm³/mol. The molecule has 2 bridgehead atoms. The van der Waals surface area contributed by atoms with E-state index < -0.39 is 24.2 Å². The number of benzene rings is 2. The number of carbonyl (C=O) groups excluding carboxylic acids is 2. The molecule has 0 unspecified atom stereocenters. The van der Waals surface area contributed by atoms with Gasteiger partial charge in [-0.15, -0.1) is 0 Å². The van der Waals surface area contributed by atoms with E-state index in [0.29, 0.717) is 42.0 Å². The zero-order chi connectivity index (χ0) is 36.6. The Morgan fingerprint density at radius 3 is 2.63 bits per heavy atom. The van der Waals surface area contributed by atoms with E-state index in [-0.39, 0.29) is 36.4 Å². The van der Waals surface area contributed by atoms with Crippen LogP contribution in [0.25, 0.3) is 11.1 Å². The highest BCUT2D eigenvalue weighted by Crippen LogP contribution is 2.61. The number of aliphatic hydroxyl groups excluding tert-OH is 2. The third kappa shape index (κ3) is 7.24. The van der Waals surface area contributed by atoms with Crippen molar-refractivity contribution in [2.24, 2.45) is 29.1 Å². The van der Waals surface area contributed by atoms with Crippen molar-refractivity contribution in [2.75, 3.05) is 39.3 Å². The summed E-state index contributed by atoms with van der Waals surface area (Å²) in [5.41, 5.74) is 4.90. The highest BCUT2D eigenvalue weighted by molar-refractivity contribution is 5.97. The van der Waals surface area contributed by atoms with Crippen molar-refractivity contribution in [3.63, 3.8) is 0 Å². The number of ether oxygens (including phenoxy) is 1. The number of hydrogen-bond donors (Lipinski definition) is 5. The van der Waals surface area contributed by atoms with Gasteiger partial charge in [-0.25, -0.2) is 4.98 Å². The average molecular weight is 703 g/mol. The van der Waals surface area contributed by atoms with Crippen LogP contribution in [-0.2, 0) is 22.6 Å². The fourth-order valence-corrected chi connectivity index (χ4v) is 8.82. The molecule has 1 aromatic heterocycles. The molecule has 7 rings (SSSR count). The summed E-state index contributed by atoms with van der Waals surface area (Å²) in [6, 6.07) is 10.7. The van der Waals surface area contributed by atoms with E-state index in [9.17, 15) is 19.8 Å². The summed E-state index contributed by atoms with van der Waals surface area (Å²) in [7, 11) is 5.45. The van der Waals surface area contributed by atoms with Crippen molar-refractivity contribution in [1.82, 2.24) is 25.7 Å². The molecule has 12 nitrogen and oxygen atoms in total. The summed E-state index contributed by atoms with van der Waals surface area (Å²) in [5.74, 6) is 1.00. The number of rotatable bonds is 13. The fraction of sp³-hybridized carbons (Fsp3) is 0.564. The number of aromatic nitrogens is 2. The maximum Gasteiger partial charge on any atom is 0.251 e. The van der Waals surface area contributed by atoms with E-state index in [0.717, 1.165) is 34.5 Å². The van der Waals surface area contributed by atoms with Crippen molar-refractivity contribution in [3.8, 4) is 16.9 Å². The minimum absolute atomic E-state index is 0.0395. The molecule has 51 heavy (non-hydrogen) atoms. The first-order valence-electron chi connectivity index (χ1n) is 18.1. The number of hydroxylamine groups is 2. The second kappa shape index (κ2) is 14.9. The lowest BCUT2D eigenvalue weighted by Gasteiger charge is -2.62. The van der Waals surface area contributed by atoms with Gasteiger partial charge in [0.1, 0.15) is 17.9 Å². The quantitative estimate of drug-likeness (QED) is 0.179. The number of nitrogens with zero attached hydrogens (tertiary/aromatic N) is 3.